The molecule has 0 fully saturated rings. The Balaban J connectivity index is 2.19. The summed E-state index contributed by atoms with van der Waals surface area (Å²) >= 11 is 0. The minimum absolute atomic E-state index is 0.0445. The molecule has 0 amide bonds. The molecule has 1 heterocycles. The van der Waals surface area contributed by atoms with Crippen LogP contribution in [0.5, 0.6) is 0 Å². The highest BCUT2D eigenvalue weighted by Gasteiger charge is 2.42. The smallest absolute Gasteiger partial charge is 0.205 e. The van der Waals surface area contributed by atoms with E-state index in [2.05, 4.69) is 6.07 Å². The molecule has 118 valence electrons. The number of nitrogens with two attached hydrogens (primary N) is 1. The molecule has 0 aromatic heterocycles. The molecule has 2 N–H and O–H groups in total. The highest BCUT2D eigenvalue weighted by atomic mass is 16.5. The predicted molar refractivity (Wildman–Crippen MR) is 86.9 cm³/mol. The van der Waals surface area contributed by atoms with E-state index in [1.807, 2.05) is 45.0 Å². The molecule has 1 unspecified atom stereocenters. The number of nitrogens with zero attached hydrogens (tertiary/aromatic N) is 1. The van der Waals surface area contributed by atoms with Crippen LogP contribution in [-0.4, -0.2) is 5.78 Å². The summed E-state index contributed by atoms with van der Waals surface area (Å²) < 4.78 is 5.68. The molecule has 0 bridgehead atoms. The largest absolute Gasteiger partial charge is 0.444 e. The van der Waals surface area contributed by atoms with Crippen LogP contribution in [0.15, 0.2) is 47.1 Å². The molecule has 23 heavy (non-hydrogen) atoms. The van der Waals surface area contributed by atoms with Gasteiger partial charge in [-0.2, -0.15) is 5.26 Å². The Morgan fingerprint density at radius 3 is 2.74 bits per heavy atom. The maximum absolute atomic E-state index is 12.8. The summed E-state index contributed by atoms with van der Waals surface area (Å²) in [7, 11) is 0. The second-order valence-corrected chi connectivity index (χ2v) is 7.12. The molecule has 1 aliphatic heterocycles. The molecule has 4 heteroatoms. The highest BCUT2D eigenvalue weighted by Crippen LogP contribution is 2.47. The average molecular weight is 308 g/mol. The number of nitriles is 1. The van der Waals surface area contributed by atoms with Gasteiger partial charge in [-0.25, -0.2) is 0 Å². The normalized spacial score (nSPS) is 23.2. The van der Waals surface area contributed by atoms with Gasteiger partial charge in [0.05, 0.1) is 5.92 Å². The number of allylic oxidation sites excluding steroid dienone is 3. The molecule has 1 atom stereocenters. The lowest BCUT2D eigenvalue weighted by atomic mass is 9.70. The van der Waals surface area contributed by atoms with E-state index in [4.69, 9.17) is 10.5 Å². The number of rotatable bonds is 1. The molecular formula is C19H20N2O2. The lowest BCUT2D eigenvalue weighted by Gasteiger charge is -2.37. The number of hydrogen-bond donors (Lipinski definition) is 1. The zero-order valence-corrected chi connectivity index (χ0v) is 13.6. The van der Waals surface area contributed by atoms with E-state index >= 15 is 0 Å². The van der Waals surface area contributed by atoms with Gasteiger partial charge in [-0.3, -0.25) is 4.79 Å². The molecule has 0 spiro atoms. The predicted octanol–water partition coefficient (Wildman–Crippen LogP) is 3.45. The molecule has 3 rings (SSSR count). The minimum atomic E-state index is -0.424. The van der Waals surface area contributed by atoms with Gasteiger partial charge < -0.3 is 10.5 Å². The number of aryl methyl sites for hydroxylation is 1. The summed E-state index contributed by atoms with van der Waals surface area (Å²) in [6.45, 7) is 6.07. The van der Waals surface area contributed by atoms with Crippen LogP contribution in [0.25, 0.3) is 0 Å². The summed E-state index contributed by atoms with van der Waals surface area (Å²) in [5.41, 5.74) is 8.74. The fourth-order valence-corrected chi connectivity index (χ4v) is 3.47. The summed E-state index contributed by atoms with van der Waals surface area (Å²) in [5, 5.41) is 9.54. The van der Waals surface area contributed by atoms with E-state index in [0.29, 0.717) is 29.7 Å². The third-order valence-corrected chi connectivity index (χ3v) is 4.45. The van der Waals surface area contributed by atoms with Crippen LogP contribution in [0.2, 0.25) is 0 Å². The van der Waals surface area contributed by atoms with Crippen molar-refractivity contribution in [2.45, 2.75) is 39.5 Å². The van der Waals surface area contributed by atoms with Gasteiger partial charge in [0.2, 0.25) is 5.88 Å². The average Bonchev–Trinajstić information content (AvgIpc) is 2.44. The van der Waals surface area contributed by atoms with Crippen LogP contribution in [-0.2, 0) is 9.53 Å². The summed E-state index contributed by atoms with van der Waals surface area (Å²) in [5.74, 6) is 0.354. The van der Waals surface area contributed by atoms with E-state index in [-0.39, 0.29) is 17.1 Å². The first kappa shape index (κ1) is 15.4. The third-order valence-electron chi connectivity index (χ3n) is 4.45. The maximum Gasteiger partial charge on any atom is 0.205 e. The van der Waals surface area contributed by atoms with Crippen molar-refractivity contribution in [3.05, 3.63) is 58.2 Å². The fourth-order valence-electron chi connectivity index (χ4n) is 3.47. The number of carbonyl (C=O) groups excluding carboxylic acids is 1. The zero-order valence-electron chi connectivity index (χ0n) is 13.6. The number of Topliss-reactive ketones (excluding diaryl/α,β-unsaturated/α-hetero) is 1. The van der Waals surface area contributed by atoms with E-state index < -0.39 is 5.92 Å². The van der Waals surface area contributed by atoms with Crippen molar-refractivity contribution in [1.29, 1.82) is 5.26 Å². The van der Waals surface area contributed by atoms with Gasteiger partial charge in [0.1, 0.15) is 17.4 Å². The summed E-state index contributed by atoms with van der Waals surface area (Å²) in [4.78, 5) is 12.8. The molecule has 0 radical (unpaired) electrons. The molecule has 4 nitrogen and oxygen atoms in total. The number of hydrogen-bond acceptors (Lipinski definition) is 4. The van der Waals surface area contributed by atoms with E-state index in [0.717, 1.165) is 11.1 Å². The van der Waals surface area contributed by atoms with Crippen molar-refractivity contribution in [2.75, 3.05) is 0 Å². The van der Waals surface area contributed by atoms with Crippen LogP contribution < -0.4 is 5.73 Å². The summed E-state index contributed by atoms with van der Waals surface area (Å²) in [6.07, 6.45) is 1.10. The standard InChI is InChI=1S/C19H20N2O2/c1-11-5-4-6-12(7-11)16-13(10-20)18(21)23-15-9-19(2,3)8-14(22)17(15)16/h4-7,16H,8-9,21H2,1-3H3. The van der Waals surface area contributed by atoms with Crippen molar-refractivity contribution in [2.24, 2.45) is 11.1 Å². The topological polar surface area (TPSA) is 76.1 Å². The molecule has 0 saturated carbocycles. The van der Waals surface area contributed by atoms with Crippen molar-refractivity contribution < 1.29 is 9.53 Å². The van der Waals surface area contributed by atoms with E-state index in [1.54, 1.807) is 0 Å². The zero-order chi connectivity index (χ0) is 16.8. The van der Waals surface area contributed by atoms with Gasteiger partial charge >= 0.3 is 0 Å². The van der Waals surface area contributed by atoms with Gasteiger partial charge in [-0.1, -0.05) is 43.7 Å². The first-order chi connectivity index (χ1) is 10.8. The Hall–Kier alpha value is -2.54. The Morgan fingerprint density at radius 2 is 2.09 bits per heavy atom. The molecule has 2 aliphatic rings. The second-order valence-electron chi connectivity index (χ2n) is 7.12. The quantitative estimate of drug-likeness (QED) is 0.862. The molecular weight excluding hydrogens is 288 g/mol. The monoisotopic (exact) mass is 308 g/mol. The lowest BCUT2D eigenvalue weighted by Crippen LogP contribution is -2.33. The third kappa shape index (κ3) is 2.63. The first-order valence-corrected chi connectivity index (χ1v) is 7.73. The fraction of sp³-hybridized carbons (Fsp3) is 0.368. The Kier molecular flexibility index (Phi) is 3.52. The van der Waals surface area contributed by atoms with Crippen LogP contribution in [0.1, 0.15) is 43.7 Å². The number of ketones is 1. The highest BCUT2D eigenvalue weighted by molar-refractivity contribution is 6.00. The SMILES string of the molecule is Cc1cccc(C2C(C#N)=C(N)OC3=C2C(=O)CC(C)(C)C3)c1. The van der Waals surface area contributed by atoms with E-state index in [1.165, 1.54) is 0 Å². The maximum atomic E-state index is 12.8. The molecule has 1 aromatic rings. The van der Waals surface area contributed by atoms with Crippen LogP contribution in [0.3, 0.4) is 0 Å². The Morgan fingerprint density at radius 1 is 1.35 bits per heavy atom. The molecule has 1 aliphatic carbocycles. The molecule has 1 aromatic carbocycles. The van der Waals surface area contributed by atoms with E-state index in [9.17, 15) is 10.1 Å². The van der Waals surface area contributed by atoms with Gasteiger partial charge in [0.25, 0.3) is 0 Å². The molecule has 0 saturated heterocycles. The number of carbonyl (C=O) groups is 1. The van der Waals surface area contributed by atoms with Crippen molar-refractivity contribution in [3.8, 4) is 6.07 Å². The first-order valence-electron chi connectivity index (χ1n) is 7.73. The van der Waals surface area contributed by atoms with Crippen LogP contribution in [0, 0.1) is 23.7 Å². The number of ether oxygens (including phenoxy) is 1. The summed E-state index contributed by atoms with van der Waals surface area (Å²) in [6, 6.07) is 10.00. The second kappa shape index (κ2) is 5.27. The van der Waals surface area contributed by atoms with Crippen molar-refractivity contribution in [3.63, 3.8) is 0 Å². The minimum Gasteiger partial charge on any atom is -0.444 e. The van der Waals surface area contributed by atoms with Crippen molar-refractivity contribution in [1.82, 2.24) is 0 Å². The number of benzene rings is 1. The van der Waals surface area contributed by atoms with Gasteiger partial charge in [0.15, 0.2) is 5.78 Å². The Bertz CT molecular complexity index is 794. The van der Waals surface area contributed by atoms with Gasteiger partial charge in [-0.05, 0) is 17.9 Å². The van der Waals surface area contributed by atoms with Crippen LogP contribution >= 0.6 is 0 Å². The van der Waals surface area contributed by atoms with Gasteiger partial charge in [0, 0.05) is 18.4 Å². The van der Waals surface area contributed by atoms with Crippen LogP contribution in [0.4, 0.5) is 0 Å². The lowest BCUT2D eigenvalue weighted by molar-refractivity contribution is -0.119. The Labute approximate surface area is 136 Å². The van der Waals surface area contributed by atoms with Crippen molar-refractivity contribution >= 4 is 5.78 Å². The van der Waals surface area contributed by atoms with Gasteiger partial charge in [-0.15, -0.1) is 0 Å².